The predicted molar refractivity (Wildman–Crippen MR) is 123 cm³/mol. The van der Waals surface area contributed by atoms with Crippen LogP contribution in [0.25, 0.3) is 0 Å². The summed E-state index contributed by atoms with van der Waals surface area (Å²) in [6.07, 6.45) is 9.98. The standard InChI is InChI=1S/C22H38N6OS/c1-22(2,3)16-8-10-18(11-9-16)27-12-14-28(15-13-27)21-26-25-20(30-21)24-19(29)23-17-6-4-5-7-17/h16-18H,4-15H2,1-3H3,(H2,23,24,25,29). The van der Waals surface area contributed by atoms with Crippen molar-refractivity contribution in [2.24, 2.45) is 11.3 Å². The van der Waals surface area contributed by atoms with Crippen LogP contribution in [0.1, 0.15) is 72.1 Å². The van der Waals surface area contributed by atoms with E-state index in [1.54, 1.807) is 0 Å². The molecule has 1 saturated heterocycles. The fourth-order valence-corrected chi connectivity index (χ4v) is 6.16. The molecule has 0 aromatic carbocycles. The van der Waals surface area contributed by atoms with Crippen molar-refractivity contribution in [1.29, 1.82) is 0 Å². The minimum Gasteiger partial charge on any atom is -0.344 e. The summed E-state index contributed by atoms with van der Waals surface area (Å²) in [5.41, 5.74) is 0.446. The minimum atomic E-state index is -0.153. The van der Waals surface area contributed by atoms with Crippen molar-refractivity contribution < 1.29 is 4.79 Å². The molecule has 2 N–H and O–H groups in total. The summed E-state index contributed by atoms with van der Waals surface area (Å²) < 4.78 is 0. The van der Waals surface area contributed by atoms with Gasteiger partial charge in [0.2, 0.25) is 10.3 Å². The van der Waals surface area contributed by atoms with Gasteiger partial charge in [-0.1, -0.05) is 44.9 Å². The Bertz CT molecular complexity index is 695. The van der Waals surface area contributed by atoms with E-state index in [9.17, 15) is 4.79 Å². The molecule has 3 fully saturated rings. The minimum absolute atomic E-state index is 0.153. The lowest BCUT2D eigenvalue weighted by Gasteiger charge is -2.44. The summed E-state index contributed by atoms with van der Waals surface area (Å²) in [6, 6.07) is 0.904. The second-order valence-electron chi connectivity index (χ2n) is 10.4. The Labute approximate surface area is 185 Å². The second kappa shape index (κ2) is 9.39. The third-order valence-corrected chi connectivity index (χ3v) is 8.25. The second-order valence-corrected chi connectivity index (χ2v) is 11.3. The van der Waals surface area contributed by atoms with Gasteiger partial charge in [-0.2, -0.15) is 0 Å². The molecule has 1 aliphatic heterocycles. The van der Waals surface area contributed by atoms with Gasteiger partial charge in [-0.3, -0.25) is 10.2 Å². The summed E-state index contributed by atoms with van der Waals surface area (Å²) >= 11 is 1.48. The van der Waals surface area contributed by atoms with Crippen LogP contribution >= 0.6 is 11.3 Å². The van der Waals surface area contributed by atoms with E-state index in [4.69, 9.17) is 0 Å². The maximum absolute atomic E-state index is 12.2. The first-order chi connectivity index (χ1) is 14.4. The molecule has 0 bridgehead atoms. The highest BCUT2D eigenvalue weighted by Gasteiger charge is 2.33. The van der Waals surface area contributed by atoms with Crippen molar-refractivity contribution in [3.63, 3.8) is 0 Å². The van der Waals surface area contributed by atoms with Gasteiger partial charge in [-0.15, -0.1) is 10.2 Å². The fraction of sp³-hybridized carbons (Fsp3) is 0.864. The first-order valence-corrected chi connectivity index (χ1v) is 12.6. The van der Waals surface area contributed by atoms with E-state index in [0.29, 0.717) is 16.6 Å². The number of rotatable bonds is 4. The molecule has 8 heteroatoms. The van der Waals surface area contributed by atoms with Crippen molar-refractivity contribution in [1.82, 2.24) is 20.4 Å². The summed E-state index contributed by atoms with van der Waals surface area (Å²) in [5.74, 6) is 0.869. The van der Waals surface area contributed by atoms with Crippen molar-refractivity contribution in [3.8, 4) is 0 Å². The van der Waals surface area contributed by atoms with E-state index >= 15 is 0 Å². The number of hydrogen-bond acceptors (Lipinski definition) is 6. The van der Waals surface area contributed by atoms with Crippen molar-refractivity contribution >= 4 is 27.6 Å². The predicted octanol–water partition coefficient (Wildman–Crippen LogP) is 4.33. The number of aromatic nitrogens is 2. The zero-order valence-electron chi connectivity index (χ0n) is 18.8. The Morgan fingerprint density at radius 1 is 0.967 bits per heavy atom. The average molecular weight is 435 g/mol. The highest BCUT2D eigenvalue weighted by molar-refractivity contribution is 7.19. The first-order valence-electron chi connectivity index (χ1n) is 11.8. The van der Waals surface area contributed by atoms with Gasteiger partial charge in [0.15, 0.2) is 0 Å². The van der Waals surface area contributed by atoms with Crippen LogP contribution in [0.5, 0.6) is 0 Å². The highest BCUT2D eigenvalue weighted by Crippen LogP contribution is 2.39. The molecule has 168 valence electrons. The number of piperazine rings is 1. The van der Waals surface area contributed by atoms with E-state index in [2.05, 4.69) is 51.4 Å². The third-order valence-electron chi connectivity index (χ3n) is 7.35. The normalized spacial score (nSPS) is 26.7. The maximum Gasteiger partial charge on any atom is 0.321 e. The molecule has 4 rings (SSSR count). The number of urea groups is 1. The molecule has 7 nitrogen and oxygen atoms in total. The largest absolute Gasteiger partial charge is 0.344 e. The molecule has 2 heterocycles. The quantitative estimate of drug-likeness (QED) is 0.738. The van der Waals surface area contributed by atoms with Gasteiger partial charge in [-0.05, 0) is 49.9 Å². The lowest BCUT2D eigenvalue weighted by atomic mass is 9.71. The number of nitrogens with one attached hydrogen (secondary N) is 2. The highest BCUT2D eigenvalue weighted by atomic mass is 32.1. The zero-order chi connectivity index (χ0) is 21.1. The number of nitrogens with zero attached hydrogens (tertiary/aromatic N) is 4. The topological polar surface area (TPSA) is 73.4 Å². The summed E-state index contributed by atoms with van der Waals surface area (Å²) in [5, 5.41) is 15.9. The molecule has 0 spiro atoms. The number of carbonyl (C=O) groups is 1. The smallest absolute Gasteiger partial charge is 0.321 e. The van der Waals surface area contributed by atoms with Gasteiger partial charge >= 0.3 is 6.03 Å². The summed E-state index contributed by atoms with van der Waals surface area (Å²) in [4.78, 5) is 17.2. The molecule has 0 unspecified atom stereocenters. The molecule has 0 atom stereocenters. The van der Waals surface area contributed by atoms with Crippen LogP contribution in [0.15, 0.2) is 0 Å². The summed E-state index contributed by atoms with van der Waals surface area (Å²) in [6.45, 7) is 11.3. The van der Waals surface area contributed by atoms with Gasteiger partial charge in [0.05, 0.1) is 0 Å². The first kappa shape index (κ1) is 21.8. The average Bonchev–Trinajstić information content (AvgIpc) is 3.40. The van der Waals surface area contributed by atoms with Gasteiger partial charge in [0.1, 0.15) is 0 Å². The number of amides is 2. The van der Waals surface area contributed by atoms with E-state index < -0.39 is 0 Å². The lowest BCUT2D eigenvalue weighted by Crippen LogP contribution is -2.51. The molecule has 1 aromatic rings. The van der Waals surface area contributed by atoms with E-state index in [0.717, 1.165) is 56.1 Å². The third kappa shape index (κ3) is 5.44. The Hall–Kier alpha value is -1.41. The summed E-state index contributed by atoms with van der Waals surface area (Å²) in [7, 11) is 0. The Kier molecular flexibility index (Phi) is 6.82. The molecule has 3 aliphatic rings. The van der Waals surface area contributed by atoms with Crippen molar-refractivity contribution in [2.75, 3.05) is 36.4 Å². The Morgan fingerprint density at radius 3 is 2.27 bits per heavy atom. The zero-order valence-corrected chi connectivity index (χ0v) is 19.6. The monoisotopic (exact) mass is 434 g/mol. The van der Waals surface area contributed by atoms with E-state index in [1.165, 1.54) is 49.9 Å². The molecule has 2 saturated carbocycles. The van der Waals surface area contributed by atoms with Crippen LogP contribution in [0.4, 0.5) is 15.1 Å². The van der Waals surface area contributed by atoms with Crippen molar-refractivity contribution in [2.45, 2.75) is 84.2 Å². The van der Waals surface area contributed by atoms with Crippen LogP contribution in [0.2, 0.25) is 0 Å². The fourth-order valence-electron chi connectivity index (χ4n) is 5.37. The molecule has 1 aromatic heterocycles. The Balaban J connectivity index is 1.21. The molecular formula is C22H38N6OS. The molecule has 30 heavy (non-hydrogen) atoms. The SMILES string of the molecule is CC(C)(C)C1CCC(N2CCN(c3nnc(NC(=O)NC4CCCC4)s3)CC2)CC1. The molecule has 2 amide bonds. The molecule has 2 aliphatic carbocycles. The van der Waals surface area contributed by atoms with Gasteiger partial charge < -0.3 is 10.2 Å². The molecule has 0 radical (unpaired) electrons. The lowest BCUT2D eigenvalue weighted by molar-refractivity contribution is 0.0917. The Morgan fingerprint density at radius 2 is 1.63 bits per heavy atom. The van der Waals surface area contributed by atoms with Gasteiger partial charge in [-0.25, -0.2) is 4.79 Å². The number of carbonyl (C=O) groups excluding carboxylic acids is 1. The van der Waals surface area contributed by atoms with Gasteiger partial charge in [0, 0.05) is 38.3 Å². The van der Waals surface area contributed by atoms with Gasteiger partial charge in [0.25, 0.3) is 0 Å². The number of hydrogen-bond donors (Lipinski definition) is 2. The van der Waals surface area contributed by atoms with Crippen LogP contribution in [0.3, 0.4) is 0 Å². The van der Waals surface area contributed by atoms with Crippen LogP contribution in [-0.2, 0) is 0 Å². The van der Waals surface area contributed by atoms with Crippen LogP contribution < -0.4 is 15.5 Å². The van der Waals surface area contributed by atoms with E-state index in [-0.39, 0.29) is 6.03 Å². The molecular weight excluding hydrogens is 396 g/mol. The van der Waals surface area contributed by atoms with Crippen molar-refractivity contribution in [3.05, 3.63) is 0 Å². The maximum atomic E-state index is 12.2. The number of anilines is 2. The van der Waals surface area contributed by atoms with E-state index in [1.807, 2.05) is 0 Å². The van der Waals surface area contributed by atoms with Crippen LogP contribution in [0, 0.1) is 11.3 Å². The van der Waals surface area contributed by atoms with Crippen LogP contribution in [-0.4, -0.2) is 59.4 Å².